The summed E-state index contributed by atoms with van der Waals surface area (Å²) in [6, 6.07) is 7.92. The molecule has 7 nitrogen and oxygen atoms in total. The number of carbonyl (C=O) groups is 1. The quantitative estimate of drug-likeness (QED) is 0.692. The number of hydrogen-bond acceptors (Lipinski definition) is 4. The van der Waals surface area contributed by atoms with Crippen molar-refractivity contribution < 1.29 is 9.53 Å². The highest BCUT2D eigenvalue weighted by molar-refractivity contribution is 5.89. The van der Waals surface area contributed by atoms with Gasteiger partial charge in [-0.15, -0.1) is 5.10 Å². The molecular weight excluding hydrogens is 318 g/mol. The molecule has 1 aromatic carbocycles. The molecule has 0 aliphatic carbocycles. The SMILES string of the molecule is COc1ccc2c(ccn2CCC(=O)Nc2n[nH]c(CC(C)C)n2)c1. The molecule has 0 aliphatic heterocycles. The lowest BCUT2D eigenvalue weighted by Gasteiger charge is -2.06. The first-order valence-corrected chi connectivity index (χ1v) is 8.39. The summed E-state index contributed by atoms with van der Waals surface area (Å²) in [6.45, 7) is 4.81. The van der Waals surface area contributed by atoms with Crippen LogP contribution < -0.4 is 10.1 Å². The van der Waals surface area contributed by atoms with Gasteiger partial charge in [0, 0.05) is 36.5 Å². The molecule has 0 radical (unpaired) electrons. The van der Waals surface area contributed by atoms with Crippen LogP contribution in [0.4, 0.5) is 5.95 Å². The number of benzene rings is 1. The molecule has 3 rings (SSSR count). The Labute approximate surface area is 146 Å². The van der Waals surface area contributed by atoms with Crippen molar-refractivity contribution in [2.75, 3.05) is 12.4 Å². The van der Waals surface area contributed by atoms with Crippen molar-refractivity contribution in [3.63, 3.8) is 0 Å². The molecule has 3 aromatic rings. The Morgan fingerprint density at radius 1 is 1.36 bits per heavy atom. The van der Waals surface area contributed by atoms with Gasteiger partial charge in [-0.1, -0.05) is 13.8 Å². The third-order valence-corrected chi connectivity index (χ3v) is 3.94. The van der Waals surface area contributed by atoms with Gasteiger partial charge in [0.15, 0.2) is 0 Å². The lowest BCUT2D eigenvalue weighted by molar-refractivity contribution is -0.116. The van der Waals surface area contributed by atoms with Crippen LogP contribution in [-0.2, 0) is 17.8 Å². The molecule has 132 valence electrons. The van der Waals surface area contributed by atoms with Gasteiger partial charge < -0.3 is 9.30 Å². The summed E-state index contributed by atoms with van der Waals surface area (Å²) in [4.78, 5) is 16.4. The van der Waals surface area contributed by atoms with E-state index in [0.29, 0.717) is 24.8 Å². The number of anilines is 1. The maximum atomic E-state index is 12.1. The topological polar surface area (TPSA) is 84.8 Å². The molecular formula is C18H23N5O2. The Balaban J connectivity index is 1.58. The average molecular weight is 341 g/mol. The number of carbonyl (C=O) groups excluding carboxylic acids is 1. The summed E-state index contributed by atoms with van der Waals surface area (Å²) in [7, 11) is 1.65. The second-order valence-electron chi connectivity index (χ2n) is 6.44. The van der Waals surface area contributed by atoms with Crippen LogP contribution in [0, 0.1) is 5.92 Å². The number of nitrogens with one attached hydrogen (secondary N) is 2. The van der Waals surface area contributed by atoms with Gasteiger partial charge in [-0.05, 0) is 30.2 Å². The summed E-state index contributed by atoms with van der Waals surface area (Å²) in [6.07, 6.45) is 3.14. The van der Waals surface area contributed by atoms with Crippen LogP contribution in [0.25, 0.3) is 10.9 Å². The Hall–Kier alpha value is -2.83. The van der Waals surface area contributed by atoms with Crippen molar-refractivity contribution in [1.82, 2.24) is 19.7 Å². The summed E-state index contributed by atoms with van der Waals surface area (Å²) < 4.78 is 7.28. The lowest BCUT2D eigenvalue weighted by atomic mass is 10.1. The number of hydrogen-bond donors (Lipinski definition) is 2. The van der Waals surface area contributed by atoms with Crippen LogP contribution >= 0.6 is 0 Å². The molecule has 1 amide bonds. The minimum absolute atomic E-state index is 0.106. The number of amides is 1. The molecule has 2 N–H and O–H groups in total. The number of ether oxygens (including phenoxy) is 1. The van der Waals surface area contributed by atoms with Crippen LogP contribution in [-0.4, -0.2) is 32.8 Å². The Kier molecular flexibility index (Phi) is 5.02. The zero-order chi connectivity index (χ0) is 17.8. The van der Waals surface area contributed by atoms with E-state index in [1.54, 1.807) is 7.11 Å². The minimum Gasteiger partial charge on any atom is -0.497 e. The van der Waals surface area contributed by atoms with Gasteiger partial charge in [-0.2, -0.15) is 4.98 Å². The van der Waals surface area contributed by atoms with Crippen molar-refractivity contribution >= 4 is 22.8 Å². The first kappa shape index (κ1) is 17.0. The number of nitrogens with zero attached hydrogens (tertiary/aromatic N) is 3. The van der Waals surface area contributed by atoms with E-state index < -0.39 is 0 Å². The van der Waals surface area contributed by atoms with E-state index in [1.807, 2.05) is 30.5 Å². The van der Waals surface area contributed by atoms with Gasteiger partial charge in [0.05, 0.1) is 7.11 Å². The number of fused-ring (bicyclic) bond motifs is 1. The zero-order valence-electron chi connectivity index (χ0n) is 14.7. The maximum absolute atomic E-state index is 12.1. The highest BCUT2D eigenvalue weighted by atomic mass is 16.5. The molecule has 0 aliphatic rings. The van der Waals surface area contributed by atoms with E-state index in [2.05, 4.69) is 38.9 Å². The van der Waals surface area contributed by atoms with Crippen LogP contribution in [0.3, 0.4) is 0 Å². The van der Waals surface area contributed by atoms with Gasteiger partial charge >= 0.3 is 0 Å². The fraction of sp³-hybridized carbons (Fsp3) is 0.389. The van der Waals surface area contributed by atoms with Gasteiger partial charge in [0.2, 0.25) is 11.9 Å². The Morgan fingerprint density at radius 2 is 2.20 bits per heavy atom. The first-order valence-electron chi connectivity index (χ1n) is 8.39. The fourth-order valence-corrected chi connectivity index (χ4v) is 2.74. The molecule has 0 spiro atoms. The Bertz CT molecular complexity index is 865. The average Bonchev–Trinajstić information content (AvgIpc) is 3.18. The smallest absolute Gasteiger partial charge is 0.248 e. The van der Waals surface area contributed by atoms with Gasteiger partial charge in [-0.25, -0.2) is 0 Å². The third kappa shape index (κ3) is 4.17. The molecule has 0 saturated heterocycles. The van der Waals surface area contributed by atoms with Crippen molar-refractivity contribution in [3.05, 3.63) is 36.3 Å². The standard InChI is InChI=1S/C18H23N5O2/c1-12(2)10-16-19-18(22-21-16)20-17(24)7-9-23-8-6-13-11-14(25-3)4-5-15(13)23/h4-6,8,11-12H,7,9-10H2,1-3H3,(H2,19,20,21,22,24). The largest absolute Gasteiger partial charge is 0.497 e. The third-order valence-electron chi connectivity index (χ3n) is 3.94. The van der Waals surface area contributed by atoms with E-state index in [4.69, 9.17) is 4.74 Å². The number of aromatic amines is 1. The molecule has 25 heavy (non-hydrogen) atoms. The predicted molar refractivity (Wildman–Crippen MR) is 96.7 cm³/mol. The van der Waals surface area contributed by atoms with Crippen molar-refractivity contribution in [2.45, 2.75) is 33.2 Å². The van der Waals surface area contributed by atoms with Gasteiger partial charge in [0.1, 0.15) is 11.6 Å². The van der Waals surface area contributed by atoms with E-state index >= 15 is 0 Å². The number of H-pyrrole nitrogens is 1. The molecule has 0 atom stereocenters. The van der Waals surface area contributed by atoms with Gasteiger partial charge in [0.25, 0.3) is 0 Å². The lowest BCUT2D eigenvalue weighted by Crippen LogP contribution is -2.15. The number of aromatic nitrogens is 4. The van der Waals surface area contributed by atoms with Gasteiger partial charge in [-0.3, -0.25) is 15.2 Å². The van der Waals surface area contributed by atoms with E-state index in [0.717, 1.165) is 28.9 Å². The summed E-state index contributed by atoms with van der Waals surface area (Å²) in [5.74, 6) is 2.32. The van der Waals surface area contributed by atoms with Crippen LogP contribution in [0.2, 0.25) is 0 Å². The second-order valence-corrected chi connectivity index (χ2v) is 6.44. The van der Waals surface area contributed by atoms with Crippen molar-refractivity contribution in [1.29, 1.82) is 0 Å². The maximum Gasteiger partial charge on any atom is 0.248 e. The number of aryl methyl sites for hydroxylation is 1. The van der Waals surface area contributed by atoms with E-state index in [1.165, 1.54) is 0 Å². The Morgan fingerprint density at radius 3 is 2.96 bits per heavy atom. The number of methoxy groups -OCH3 is 1. The predicted octanol–water partition coefficient (Wildman–Crippen LogP) is 3.00. The van der Waals surface area contributed by atoms with Crippen molar-refractivity contribution in [2.24, 2.45) is 5.92 Å². The van der Waals surface area contributed by atoms with E-state index in [-0.39, 0.29) is 5.91 Å². The molecule has 2 aromatic heterocycles. The second kappa shape index (κ2) is 7.38. The zero-order valence-corrected chi connectivity index (χ0v) is 14.7. The monoisotopic (exact) mass is 341 g/mol. The molecule has 0 unspecified atom stereocenters. The molecule has 0 fully saturated rings. The summed E-state index contributed by atoms with van der Waals surface area (Å²) in [5, 5.41) is 10.7. The summed E-state index contributed by atoms with van der Waals surface area (Å²) in [5.41, 5.74) is 1.07. The highest BCUT2D eigenvalue weighted by Gasteiger charge is 2.10. The molecule has 7 heteroatoms. The molecule has 0 saturated carbocycles. The first-order chi connectivity index (χ1) is 12.0. The highest BCUT2D eigenvalue weighted by Crippen LogP contribution is 2.22. The molecule has 2 heterocycles. The van der Waals surface area contributed by atoms with Crippen LogP contribution in [0.15, 0.2) is 30.5 Å². The van der Waals surface area contributed by atoms with Crippen molar-refractivity contribution in [3.8, 4) is 5.75 Å². The van der Waals surface area contributed by atoms with Crippen LogP contribution in [0.5, 0.6) is 5.75 Å². The molecule has 0 bridgehead atoms. The number of rotatable bonds is 7. The fourth-order valence-electron chi connectivity index (χ4n) is 2.74. The van der Waals surface area contributed by atoms with E-state index in [9.17, 15) is 4.79 Å². The minimum atomic E-state index is -0.106. The van der Waals surface area contributed by atoms with Crippen LogP contribution in [0.1, 0.15) is 26.1 Å². The normalized spacial score (nSPS) is 11.2. The summed E-state index contributed by atoms with van der Waals surface area (Å²) >= 11 is 0.